The predicted molar refractivity (Wildman–Crippen MR) is 94.2 cm³/mol. The summed E-state index contributed by atoms with van der Waals surface area (Å²) in [6.07, 6.45) is 0.454. The summed E-state index contributed by atoms with van der Waals surface area (Å²) >= 11 is 0. The zero-order valence-corrected chi connectivity index (χ0v) is 14.4. The van der Waals surface area contributed by atoms with E-state index in [1.165, 1.54) is 13.0 Å². The molecule has 0 aliphatic heterocycles. The first kappa shape index (κ1) is 16.5. The van der Waals surface area contributed by atoms with Crippen LogP contribution >= 0.6 is 0 Å². The summed E-state index contributed by atoms with van der Waals surface area (Å²) in [5, 5.41) is 20.3. The number of non-ortho nitro benzene ring substituents is 1. The number of likely N-dealkylation sites (N-methyl/N-ethyl adjacent to an activating group) is 1. The van der Waals surface area contributed by atoms with E-state index in [9.17, 15) is 23.3 Å². The van der Waals surface area contributed by atoms with E-state index in [2.05, 4.69) is 11.9 Å². The Morgan fingerprint density at radius 1 is 1.65 bits per heavy atom. The van der Waals surface area contributed by atoms with Crippen molar-refractivity contribution in [2.45, 2.75) is 17.9 Å². The molecular weight excluding hydrogens is 366 g/mol. The molecule has 0 aliphatic carbocycles. The number of esters is 1. The molecule has 1 unspecified atom stereocenters. The number of hydrogen-bond acceptors (Lipinski definition) is 7. The van der Waals surface area contributed by atoms with Crippen molar-refractivity contribution in [1.29, 1.82) is 5.41 Å². The van der Waals surface area contributed by atoms with E-state index < -0.39 is 62.8 Å². The van der Waals surface area contributed by atoms with Crippen LogP contribution in [0.4, 0.5) is 11.4 Å². The van der Waals surface area contributed by atoms with Gasteiger partial charge in [0.2, 0.25) is 10.0 Å². The number of carbonyl (C=O) groups is 1. The van der Waals surface area contributed by atoms with Gasteiger partial charge in [-0.15, -0.1) is 0 Å². The highest BCUT2D eigenvalue weighted by atomic mass is 32.2. The minimum Gasteiger partial charge on any atom is -0.457 e. The fourth-order valence-corrected chi connectivity index (χ4v) is 2.85. The SMILES string of the molecule is [2H]C([2H])([2H])N(CC(=O)OC(C)C=C)S(=O)(=O)c1ccc([N+](=O)[O-])cc1NC(=N)N. The normalized spacial score (nSPS) is 14.5. The van der Waals surface area contributed by atoms with Crippen LogP contribution < -0.4 is 11.1 Å². The first-order valence-electron chi connectivity index (χ1n) is 8.44. The average Bonchev–Trinajstić information content (AvgIpc) is 2.57. The number of anilines is 1. The van der Waals surface area contributed by atoms with Gasteiger partial charge in [-0.1, -0.05) is 12.7 Å². The van der Waals surface area contributed by atoms with E-state index >= 15 is 0 Å². The van der Waals surface area contributed by atoms with Gasteiger partial charge < -0.3 is 15.8 Å². The van der Waals surface area contributed by atoms with Gasteiger partial charge >= 0.3 is 5.97 Å². The van der Waals surface area contributed by atoms with Gasteiger partial charge in [0.25, 0.3) is 5.69 Å². The maximum absolute atomic E-state index is 13.0. The van der Waals surface area contributed by atoms with Crippen LogP contribution in [0.1, 0.15) is 11.0 Å². The maximum atomic E-state index is 13.0. The Balaban J connectivity index is 3.50. The Bertz CT molecular complexity index is 934. The molecule has 4 N–H and O–H groups in total. The molecule has 26 heavy (non-hydrogen) atoms. The number of rotatable bonds is 8. The zero-order valence-electron chi connectivity index (χ0n) is 16.6. The van der Waals surface area contributed by atoms with Gasteiger partial charge in [-0.2, -0.15) is 4.31 Å². The molecule has 11 nitrogen and oxygen atoms in total. The lowest BCUT2D eigenvalue weighted by molar-refractivity contribution is -0.384. The van der Waals surface area contributed by atoms with Gasteiger partial charge in [0.15, 0.2) is 5.96 Å². The second-order valence-corrected chi connectivity index (χ2v) is 6.75. The highest BCUT2D eigenvalue weighted by molar-refractivity contribution is 7.89. The number of nitrogens with two attached hydrogens (primary N) is 1. The van der Waals surface area contributed by atoms with E-state index in [1.807, 2.05) is 0 Å². The van der Waals surface area contributed by atoms with E-state index in [4.69, 9.17) is 20.0 Å². The van der Waals surface area contributed by atoms with Gasteiger partial charge in [0.1, 0.15) is 17.5 Å². The molecule has 0 saturated carbocycles. The monoisotopic (exact) mass is 388 g/mol. The van der Waals surface area contributed by atoms with E-state index in [-0.39, 0.29) is 4.31 Å². The van der Waals surface area contributed by atoms with Crippen LogP contribution in [0.2, 0.25) is 0 Å². The average molecular weight is 388 g/mol. The van der Waals surface area contributed by atoms with Crippen molar-refractivity contribution in [1.82, 2.24) is 4.31 Å². The summed E-state index contributed by atoms with van der Waals surface area (Å²) in [6, 6.07) is 2.37. The highest BCUT2D eigenvalue weighted by Crippen LogP contribution is 2.28. The van der Waals surface area contributed by atoms with Crippen molar-refractivity contribution in [2.24, 2.45) is 5.73 Å². The van der Waals surface area contributed by atoms with E-state index in [0.29, 0.717) is 0 Å². The lowest BCUT2D eigenvalue weighted by Gasteiger charge is -2.19. The Morgan fingerprint density at radius 2 is 2.31 bits per heavy atom. The first-order chi connectivity index (χ1) is 13.2. The quantitative estimate of drug-likeness (QED) is 0.145. The van der Waals surface area contributed by atoms with Crippen LogP contribution in [0.25, 0.3) is 0 Å². The summed E-state index contributed by atoms with van der Waals surface area (Å²) < 4.78 is 53.2. The van der Waals surface area contributed by atoms with Crippen molar-refractivity contribution >= 4 is 33.3 Å². The Kier molecular flexibility index (Phi) is 5.32. The summed E-state index contributed by atoms with van der Waals surface area (Å²) in [5.41, 5.74) is 4.13. The smallest absolute Gasteiger partial charge is 0.321 e. The van der Waals surface area contributed by atoms with Crippen LogP contribution in [0.3, 0.4) is 0 Å². The molecular formula is C14H19N5O6S. The number of nitro benzene ring substituents is 1. The summed E-state index contributed by atoms with van der Waals surface area (Å²) in [5.74, 6) is -1.90. The second kappa shape index (κ2) is 8.40. The van der Waals surface area contributed by atoms with Crippen LogP contribution in [-0.4, -0.2) is 49.2 Å². The van der Waals surface area contributed by atoms with Gasteiger partial charge in [-0.05, 0) is 13.0 Å². The highest BCUT2D eigenvalue weighted by Gasteiger charge is 2.28. The number of sulfonamides is 1. The van der Waals surface area contributed by atoms with Gasteiger partial charge in [0.05, 0.1) is 10.6 Å². The molecule has 0 amide bonds. The van der Waals surface area contributed by atoms with Gasteiger partial charge in [-0.25, -0.2) is 8.42 Å². The van der Waals surface area contributed by atoms with Crippen molar-refractivity contribution in [3.05, 3.63) is 41.0 Å². The third-order valence-electron chi connectivity index (χ3n) is 2.93. The van der Waals surface area contributed by atoms with Gasteiger partial charge in [0, 0.05) is 23.2 Å². The lowest BCUT2D eigenvalue weighted by atomic mass is 10.3. The zero-order chi connectivity index (χ0) is 22.6. The van der Waals surface area contributed by atoms with Crippen LogP contribution in [0, 0.1) is 15.5 Å². The molecule has 0 saturated heterocycles. The molecule has 0 heterocycles. The molecule has 0 fully saturated rings. The molecule has 0 aliphatic rings. The third kappa shape index (κ3) is 5.26. The molecule has 0 bridgehead atoms. The van der Waals surface area contributed by atoms with Crippen LogP contribution in [-0.2, 0) is 19.6 Å². The molecule has 142 valence electrons. The largest absolute Gasteiger partial charge is 0.457 e. The molecule has 1 aromatic carbocycles. The Labute approximate surface area is 154 Å². The minimum atomic E-state index is -4.91. The van der Waals surface area contributed by atoms with Crippen molar-refractivity contribution in [2.75, 3.05) is 18.8 Å². The van der Waals surface area contributed by atoms with Crippen molar-refractivity contribution < 1.29 is 27.0 Å². The standard InChI is InChI=1S/C14H19N5O6S/c1-4-9(2)25-13(20)8-18(3)26(23,24)12-6-5-10(19(21)22)7-11(12)17-14(15)16/h4-7,9H,1,8H2,2-3H3,(H4,15,16,17)/i3D3. The van der Waals surface area contributed by atoms with E-state index in [0.717, 1.165) is 18.2 Å². The minimum absolute atomic E-state index is 0.0926. The lowest BCUT2D eigenvalue weighted by Crippen LogP contribution is -2.34. The summed E-state index contributed by atoms with van der Waals surface area (Å²) in [7, 11) is -4.91. The fourth-order valence-electron chi connectivity index (χ4n) is 1.71. The van der Waals surface area contributed by atoms with Gasteiger partial charge in [-0.3, -0.25) is 20.3 Å². The summed E-state index contributed by atoms with van der Waals surface area (Å²) in [6.45, 7) is 0.373. The van der Waals surface area contributed by atoms with Crippen molar-refractivity contribution in [3.63, 3.8) is 0 Å². The Hall–Kier alpha value is -2.99. The molecule has 12 heteroatoms. The maximum Gasteiger partial charge on any atom is 0.321 e. The fraction of sp³-hybridized carbons (Fsp3) is 0.286. The number of ether oxygens (including phenoxy) is 1. The predicted octanol–water partition coefficient (Wildman–Crippen LogP) is 0.638. The number of nitrogens with zero attached hydrogens (tertiary/aromatic N) is 2. The number of nitro groups is 1. The second-order valence-electron chi connectivity index (χ2n) is 4.92. The number of nitrogens with one attached hydrogen (secondary N) is 2. The number of carbonyl (C=O) groups excluding carboxylic acids is 1. The summed E-state index contributed by atoms with van der Waals surface area (Å²) in [4.78, 5) is 21.4. The molecule has 1 rings (SSSR count). The number of benzene rings is 1. The van der Waals surface area contributed by atoms with E-state index in [1.54, 1.807) is 0 Å². The molecule has 0 spiro atoms. The Morgan fingerprint density at radius 3 is 2.81 bits per heavy atom. The number of hydrogen-bond donors (Lipinski definition) is 3. The van der Waals surface area contributed by atoms with Crippen molar-refractivity contribution in [3.8, 4) is 0 Å². The molecule has 0 aromatic heterocycles. The topological polar surface area (TPSA) is 169 Å². The number of guanidine groups is 1. The molecule has 1 aromatic rings. The van der Waals surface area contributed by atoms with Crippen LogP contribution in [0.15, 0.2) is 35.7 Å². The van der Waals surface area contributed by atoms with Crippen LogP contribution in [0.5, 0.6) is 0 Å². The third-order valence-corrected chi connectivity index (χ3v) is 4.55. The first-order valence-corrected chi connectivity index (χ1v) is 8.38. The molecule has 0 radical (unpaired) electrons. The molecule has 1 atom stereocenters.